The number of aryl methyl sites for hydroxylation is 2. The maximum Gasteiger partial charge on any atom is 0.125 e. The van der Waals surface area contributed by atoms with Gasteiger partial charge in [0.05, 0.1) is 6.61 Å². The molecule has 0 spiro atoms. The molecule has 0 amide bonds. The molecule has 2 aromatic rings. The van der Waals surface area contributed by atoms with Crippen molar-refractivity contribution in [3.05, 3.63) is 45.7 Å². The summed E-state index contributed by atoms with van der Waals surface area (Å²) in [6, 6.07) is 4.17. The monoisotopic (exact) mass is 335 g/mol. The summed E-state index contributed by atoms with van der Waals surface area (Å²) < 4.78 is 7.08. The Morgan fingerprint density at radius 2 is 2.05 bits per heavy atom. The van der Waals surface area contributed by atoms with E-state index in [1.807, 2.05) is 6.20 Å². The van der Waals surface area contributed by atoms with Crippen molar-refractivity contribution in [2.45, 2.75) is 39.5 Å². The molecule has 4 heteroatoms. The van der Waals surface area contributed by atoms with E-state index >= 15 is 0 Å². The smallest absolute Gasteiger partial charge is 0.125 e. The van der Waals surface area contributed by atoms with Crippen molar-refractivity contribution in [3.8, 4) is 5.75 Å². The Bertz CT molecular complexity index is 529. The number of aromatic amines is 1. The lowest BCUT2D eigenvalue weighted by molar-refractivity contribution is 0.292. The first-order valence-electron chi connectivity index (χ1n) is 6.92. The minimum absolute atomic E-state index is 0.449. The average Bonchev–Trinajstić information content (AvgIpc) is 2.90. The van der Waals surface area contributed by atoms with Crippen molar-refractivity contribution in [2.24, 2.45) is 0 Å². The van der Waals surface area contributed by atoms with Gasteiger partial charge < -0.3 is 4.74 Å². The number of halogens is 1. The van der Waals surface area contributed by atoms with Crippen LogP contribution in [0.15, 0.2) is 22.8 Å². The largest absolute Gasteiger partial charge is 0.493 e. The molecule has 0 saturated carbocycles. The lowest BCUT2D eigenvalue weighted by atomic mass is 9.96. The zero-order valence-corrected chi connectivity index (χ0v) is 13.8. The van der Waals surface area contributed by atoms with Crippen LogP contribution >= 0.6 is 15.9 Å². The van der Waals surface area contributed by atoms with Crippen LogP contribution < -0.4 is 4.74 Å². The maximum atomic E-state index is 5.99. The Kier molecular flexibility index (Phi) is 5.24. The number of rotatable bonds is 6. The highest BCUT2D eigenvalue weighted by Gasteiger charge is 2.12. The highest BCUT2D eigenvalue weighted by atomic mass is 79.9. The van der Waals surface area contributed by atoms with E-state index < -0.39 is 0 Å². The summed E-state index contributed by atoms with van der Waals surface area (Å²) in [6.07, 6.45) is 6.96. The summed E-state index contributed by atoms with van der Waals surface area (Å²) in [5.74, 6) is 1.45. The molecule has 1 radical (unpaired) electrons. The molecule has 2 rings (SSSR count). The van der Waals surface area contributed by atoms with Crippen LogP contribution in [0.25, 0.3) is 0 Å². The second-order valence-electron chi connectivity index (χ2n) is 5.06. The lowest BCUT2D eigenvalue weighted by Gasteiger charge is -2.16. The highest BCUT2D eigenvalue weighted by Crippen LogP contribution is 2.28. The number of hydrogen-bond donors (Lipinski definition) is 1. The summed E-state index contributed by atoms with van der Waals surface area (Å²) in [6.45, 7) is 7.05. The standard InChI is InChI=1S/C16H20BrN2O/c1-4-13(14-9-18-19-10-14)5-6-20-16-11(2)7-15(17)8-12(16)3/h7-9,13H,4-6H2,1-3H3,(H,18,19). The van der Waals surface area contributed by atoms with Gasteiger partial charge in [0.25, 0.3) is 0 Å². The van der Waals surface area contributed by atoms with E-state index in [2.05, 4.69) is 65.2 Å². The van der Waals surface area contributed by atoms with E-state index in [1.54, 1.807) is 0 Å². The van der Waals surface area contributed by atoms with Crippen molar-refractivity contribution >= 4 is 15.9 Å². The summed E-state index contributed by atoms with van der Waals surface area (Å²) in [7, 11) is 0. The molecule has 1 aromatic carbocycles. The average molecular weight is 336 g/mol. The summed E-state index contributed by atoms with van der Waals surface area (Å²) in [5.41, 5.74) is 3.47. The van der Waals surface area contributed by atoms with Gasteiger partial charge in [-0.3, -0.25) is 5.10 Å². The fraction of sp³-hybridized carbons (Fsp3) is 0.438. The van der Waals surface area contributed by atoms with Crippen molar-refractivity contribution in [2.75, 3.05) is 6.61 Å². The van der Waals surface area contributed by atoms with Crippen LogP contribution in [0.4, 0.5) is 0 Å². The van der Waals surface area contributed by atoms with Gasteiger partial charge in [0.15, 0.2) is 0 Å². The van der Waals surface area contributed by atoms with Crippen LogP contribution in [0.2, 0.25) is 0 Å². The molecule has 1 N–H and O–H groups in total. The number of nitrogens with zero attached hydrogens (tertiary/aromatic N) is 1. The van der Waals surface area contributed by atoms with Gasteiger partial charge in [-0.1, -0.05) is 22.9 Å². The van der Waals surface area contributed by atoms with Gasteiger partial charge in [-0.25, -0.2) is 0 Å². The first kappa shape index (κ1) is 15.1. The van der Waals surface area contributed by atoms with Crippen molar-refractivity contribution in [1.82, 2.24) is 10.2 Å². The molecule has 0 aliphatic heterocycles. The molecular formula is C16H20BrN2O. The first-order valence-corrected chi connectivity index (χ1v) is 7.72. The summed E-state index contributed by atoms with van der Waals surface area (Å²) in [5, 5.41) is 6.72. The van der Waals surface area contributed by atoms with Gasteiger partial charge in [0.2, 0.25) is 0 Å². The third-order valence-electron chi connectivity index (χ3n) is 3.54. The Balaban J connectivity index is 1.96. The topological polar surface area (TPSA) is 37.9 Å². The molecule has 3 nitrogen and oxygen atoms in total. The predicted molar refractivity (Wildman–Crippen MR) is 84.2 cm³/mol. The van der Waals surface area contributed by atoms with Crippen LogP contribution in [-0.2, 0) is 0 Å². The van der Waals surface area contributed by atoms with Crippen molar-refractivity contribution in [1.29, 1.82) is 0 Å². The predicted octanol–water partition coefficient (Wildman–Crippen LogP) is 4.55. The van der Waals surface area contributed by atoms with E-state index in [0.717, 1.165) is 28.6 Å². The highest BCUT2D eigenvalue weighted by molar-refractivity contribution is 9.10. The third-order valence-corrected chi connectivity index (χ3v) is 4.00. The number of H-pyrrole nitrogens is 1. The molecule has 0 aliphatic rings. The van der Waals surface area contributed by atoms with Crippen molar-refractivity contribution < 1.29 is 4.74 Å². The molecule has 20 heavy (non-hydrogen) atoms. The Labute approximate surface area is 128 Å². The first-order chi connectivity index (χ1) is 9.61. The van der Waals surface area contributed by atoms with Crippen molar-refractivity contribution in [3.63, 3.8) is 0 Å². The molecule has 1 unspecified atom stereocenters. The fourth-order valence-corrected chi connectivity index (χ4v) is 3.13. The van der Waals surface area contributed by atoms with E-state index in [4.69, 9.17) is 4.74 Å². The molecule has 107 valence electrons. The minimum atomic E-state index is 0.449. The fourth-order valence-electron chi connectivity index (χ4n) is 2.45. The number of ether oxygens (including phenoxy) is 1. The van der Waals surface area contributed by atoms with Crippen LogP contribution in [0.1, 0.15) is 42.4 Å². The molecule has 1 aromatic heterocycles. The van der Waals surface area contributed by atoms with Crippen LogP contribution in [0.3, 0.4) is 0 Å². The molecular weight excluding hydrogens is 316 g/mol. The Morgan fingerprint density at radius 3 is 2.60 bits per heavy atom. The molecule has 0 bridgehead atoms. The van der Waals surface area contributed by atoms with Gasteiger partial charge in [0, 0.05) is 16.2 Å². The second kappa shape index (κ2) is 6.93. The minimum Gasteiger partial charge on any atom is -0.493 e. The summed E-state index contributed by atoms with van der Waals surface area (Å²) in [4.78, 5) is 0. The molecule has 1 atom stereocenters. The molecule has 1 heterocycles. The van der Waals surface area contributed by atoms with Gasteiger partial charge in [-0.05, 0) is 55.9 Å². The van der Waals surface area contributed by atoms with Gasteiger partial charge in [-0.2, -0.15) is 5.10 Å². The van der Waals surface area contributed by atoms with E-state index in [1.165, 1.54) is 11.1 Å². The third kappa shape index (κ3) is 3.63. The molecule has 0 fully saturated rings. The lowest BCUT2D eigenvalue weighted by Crippen LogP contribution is -2.06. The van der Waals surface area contributed by atoms with Gasteiger partial charge in [-0.15, -0.1) is 0 Å². The van der Waals surface area contributed by atoms with E-state index in [0.29, 0.717) is 12.5 Å². The molecule has 0 saturated heterocycles. The number of hydrogen-bond acceptors (Lipinski definition) is 2. The maximum absolute atomic E-state index is 5.99. The Morgan fingerprint density at radius 1 is 1.35 bits per heavy atom. The quantitative estimate of drug-likeness (QED) is 0.840. The molecule has 0 aliphatic carbocycles. The van der Waals surface area contributed by atoms with Gasteiger partial charge >= 0.3 is 0 Å². The second-order valence-corrected chi connectivity index (χ2v) is 5.98. The van der Waals surface area contributed by atoms with E-state index in [-0.39, 0.29) is 0 Å². The zero-order valence-electron chi connectivity index (χ0n) is 12.2. The van der Waals surface area contributed by atoms with Crippen LogP contribution in [0.5, 0.6) is 5.75 Å². The van der Waals surface area contributed by atoms with Gasteiger partial charge in [0.1, 0.15) is 11.9 Å². The number of aromatic nitrogens is 2. The summed E-state index contributed by atoms with van der Waals surface area (Å²) >= 11 is 3.51. The van der Waals surface area contributed by atoms with E-state index in [9.17, 15) is 0 Å². The van der Waals surface area contributed by atoms with Crippen LogP contribution in [-0.4, -0.2) is 16.8 Å². The number of benzene rings is 1. The Hall–Kier alpha value is -1.29. The SMILES string of the molecule is CCC(CCOc1c(C)cc(Br)cc1C)c1[c]n[nH]c1. The number of nitrogens with one attached hydrogen (secondary N) is 1. The normalized spacial score (nSPS) is 12.4. The zero-order chi connectivity index (χ0) is 14.5. The van der Waals surface area contributed by atoms with Crippen LogP contribution in [0, 0.1) is 20.0 Å².